The van der Waals surface area contributed by atoms with E-state index < -0.39 is 0 Å². The molecule has 0 bridgehead atoms. The number of ether oxygens (including phenoxy) is 1. The number of benzene rings is 1. The Labute approximate surface area is 133 Å². The normalized spacial score (nSPS) is 17.3. The van der Waals surface area contributed by atoms with Gasteiger partial charge in [0.05, 0.1) is 12.1 Å². The topological polar surface area (TPSA) is 50.4 Å². The standard InChI is InChI=1S/C18H28N2O2/c1-13(2)22-17-6-4-5-16(12-17)14(3)20-18(21)11-15-7-9-19-10-8-15/h4-6,12-15,19H,7-11H2,1-3H3,(H,20,21). The number of rotatable bonds is 6. The van der Waals surface area contributed by atoms with E-state index in [4.69, 9.17) is 4.74 Å². The maximum atomic E-state index is 12.2. The third-order valence-electron chi connectivity index (χ3n) is 4.04. The van der Waals surface area contributed by atoms with Crippen LogP contribution >= 0.6 is 0 Å². The minimum absolute atomic E-state index is 0.00456. The maximum absolute atomic E-state index is 12.2. The van der Waals surface area contributed by atoms with E-state index >= 15 is 0 Å². The van der Waals surface area contributed by atoms with Crippen molar-refractivity contribution in [2.75, 3.05) is 13.1 Å². The molecular formula is C18H28N2O2. The Morgan fingerprint density at radius 3 is 2.73 bits per heavy atom. The molecule has 2 N–H and O–H groups in total. The van der Waals surface area contributed by atoms with Gasteiger partial charge in [0.25, 0.3) is 0 Å². The van der Waals surface area contributed by atoms with Crippen LogP contribution in [0.1, 0.15) is 51.6 Å². The van der Waals surface area contributed by atoms with Gasteiger partial charge in [-0.25, -0.2) is 0 Å². The lowest BCUT2D eigenvalue weighted by atomic mass is 9.94. The van der Waals surface area contributed by atoms with Gasteiger partial charge < -0.3 is 15.4 Å². The molecule has 22 heavy (non-hydrogen) atoms. The lowest BCUT2D eigenvalue weighted by molar-refractivity contribution is -0.122. The molecule has 1 aromatic rings. The Kier molecular flexibility index (Phi) is 6.25. The molecule has 1 fully saturated rings. The van der Waals surface area contributed by atoms with E-state index in [0.29, 0.717) is 12.3 Å². The molecule has 1 aliphatic rings. The van der Waals surface area contributed by atoms with Gasteiger partial charge in [-0.05, 0) is 70.3 Å². The van der Waals surface area contributed by atoms with Crippen LogP contribution in [-0.2, 0) is 4.79 Å². The monoisotopic (exact) mass is 304 g/mol. The quantitative estimate of drug-likeness (QED) is 0.849. The Morgan fingerprint density at radius 1 is 1.32 bits per heavy atom. The lowest BCUT2D eigenvalue weighted by Crippen LogP contribution is -2.33. The fraction of sp³-hybridized carbons (Fsp3) is 0.611. The van der Waals surface area contributed by atoms with Crippen LogP contribution in [0.4, 0.5) is 0 Å². The van der Waals surface area contributed by atoms with Crippen molar-refractivity contribution in [1.29, 1.82) is 0 Å². The summed E-state index contributed by atoms with van der Waals surface area (Å²) in [6.45, 7) is 8.10. The molecule has 1 unspecified atom stereocenters. The van der Waals surface area contributed by atoms with Gasteiger partial charge in [-0.2, -0.15) is 0 Å². The zero-order valence-corrected chi connectivity index (χ0v) is 13.9. The van der Waals surface area contributed by atoms with Crippen molar-refractivity contribution in [3.05, 3.63) is 29.8 Å². The molecule has 0 aromatic heterocycles. The van der Waals surface area contributed by atoms with Crippen molar-refractivity contribution in [1.82, 2.24) is 10.6 Å². The highest BCUT2D eigenvalue weighted by atomic mass is 16.5. The second-order valence-corrected chi connectivity index (χ2v) is 6.43. The van der Waals surface area contributed by atoms with E-state index in [1.165, 1.54) is 0 Å². The van der Waals surface area contributed by atoms with Crippen molar-refractivity contribution < 1.29 is 9.53 Å². The SMILES string of the molecule is CC(C)Oc1cccc(C(C)NC(=O)CC2CCNCC2)c1. The largest absolute Gasteiger partial charge is 0.491 e. The molecule has 122 valence electrons. The van der Waals surface area contributed by atoms with Gasteiger partial charge in [-0.3, -0.25) is 4.79 Å². The van der Waals surface area contributed by atoms with Crippen LogP contribution in [0.5, 0.6) is 5.75 Å². The molecule has 0 radical (unpaired) electrons. The fourth-order valence-electron chi connectivity index (χ4n) is 2.86. The minimum Gasteiger partial charge on any atom is -0.491 e. The maximum Gasteiger partial charge on any atom is 0.220 e. The van der Waals surface area contributed by atoms with Crippen molar-refractivity contribution in [3.8, 4) is 5.75 Å². The van der Waals surface area contributed by atoms with Crippen LogP contribution in [-0.4, -0.2) is 25.1 Å². The Bertz CT molecular complexity index is 482. The summed E-state index contributed by atoms with van der Waals surface area (Å²) in [7, 11) is 0. The molecule has 4 nitrogen and oxygen atoms in total. The van der Waals surface area contributed by atoms with Crippen LogP contribution in [0, 0.1) is 5.92 Å². The van der Waals surface area contributed by atoms with E-state index in [-0.39, 0.29) is 18.1 Å². The number of carbonyl (C=O) groups is 1. The highest BCUT2D eigenvalue weighted by molar-refractivity contribution is 5.76. The molecule has 1 aliphatic heterocycles. The van der Waals surface area contributed by atoms with Gasteiger partial charge in [0.15, 0.2) is 0 Å². The predicted molar refractivity (Wildman–Crippen MR) is 89.0 cm³/mol. The van der Waals surface area contributed by atoms with Crippen molar-refractivity contribution in [3.63, 3.8) is 0 Å². The first-order valence-electron chi connectivity index (χ1n) is 8.31. The average Bonchev–Trinajstić information content (AvgIpc) is 2.47. The number of carbonyl (C=O) groups excluding carboxylic acids is 1. The van der Waals surface area contributed by atoms with E-state index in [1.807, 2.05) is 45.0 Å². The number of hydrogen-bond acceptors (Lipinski definition) is 3. The number of amides is 1. The molecule has 1 amide bonds. The first-order valence-corrected chi connectivity index (χ1v) is 8.31. The number of hydrogen-bond donors (Lipinski definition) is 2. The molecular weight excluding hydrogens is 276 g/mol. The molecule has 1 aromatic carbocycles. The van der Waals surface area contributed by atoms with Gasteiger partial charge >= 0.3 is 0 Å². The predicted octanol–water partition coefficient (Wildman–Crippen LogP) is 3.04. The Balaban J connectivity index is 1.87. The van der Waals surface area contributed by atoms with Gasteiger partial charge in [0.2, 0.25) is 5.91 Å². The smallest absolute Gasteiger partial charge is 0.220 e. The summed E-state index contributed by atoms with van der Waals surface area (Å²) in [4.78, 5) is 12.2. The zero-order chi connectivity index (χ0) is 15.9. The molecule has 4 heteroatoms. The van der Waals surface area contributed by atoms with Crippen LogP contribution < -0.4 is 15.4 Å². The molecule has 2 rings (SSSR count). The third kappa shape index (κ3) is 5.34. The van der Waals surface area contributed by atoms with Crippen molar-refractivity contribution in [2.45, 2.75) is 52.2 Å². The molecule has 0 aliphatic carbocycles. The van der Waals surface area contributed by atoms with Gasteiger partial charge in [0.1, 0.15) is 5.75 Å². The highest BCUT2D eigenvalue weighted by Crippen LogP contribution is 2.21. The lowest BCUT2D eigenvalue weighted by Gasteiger charge is -2.23. The summed E-state index contributed by atoms with van der Waals surface area (Å²) in [6, 6.07) is 7.97. The first-order chi connectivity index (χ1) is 10.5. The molecule has 1 saturated heterocycles. The van der Waals surface area contributed by atoms with E-state index in [1.54, 1.807) is 0 Å². The summed E-state index contributed by atoms with van der Waals surface area (Å²) >= 11 is 0. The average molecular weight is 304 g/mol. The summed E-state index contributed by atoms with van der Waals surface area (Å²) in [5.41, 5.74) is 1.08. The summed E-state index contributed by atoms with van der Waals surface area (Å²) in [6.07, 6.45) is 2.98. The van der Waals surface area contributed by atoms with Crippen LogP contribution in [0.15, 0.2) is 24.3 Å². The van der Waals surface area contributed by atoms with Crippen LogP contribution in [0.2, 0.25) is 0 Å². The minimum atomic E-state index is 0.00456. The number of nitrogens with one attached hydrogen (secondary N) is 2. The van der Waals surface area contributed by atoms with E-state index in [9.17, 15) is 4.79 Å². The second-order valence-electron chi connectivity index (χ2n) is 6.43. The van der Waals surface area contributed by atoms with Gasteiger partial charge in [0, 0.05) is 6.42 Å². The van der Waals surface area contributed by atoms with Crippen molar-refractivity contribution in [2.24, 2.45) is 5.92 Å². The zero-order valence-electron chi connectivity index (χ0n) is 13.9. The van der Waals surface area contributed by atoms with Crippen LogP contribution in [0.3, 0.4) is 0 Å². The second kappa shape index (κ2) is 8.18. The summed E-state index contributed by atoms with van der Waals surface area (Å²) in [5.74, 6) is 1.52. The first kappa shape index (κ1) is 16.8. The molecule has 1 heterocycles. The highest BCUT2D eigenvalue weighted by Gasteiger charge is 2.18. The van der Waals surface area contributed by atoms with Crippen molar-refractivity contribution >= 4 is 5.91 Å². The van der Waals surface area contributed by atoms with Gasteiger partial charge in [-0.15, -0.1) is 0 Å². The fourth-order valence-corrected chi connectivity index (χ4v) is 2.86. The van der Waals surface area contributed by atoms with Gasteiger partial charge in [-0.1, -0.05) is 12.1 Å². The third-order valence-corrected chi connectivity index (χ3v) is 4.04. The molecule has 0 saturated carbocycles. The Hall–Kier alpha value is -1.55. The molecule has 0 spiro atoms. The Morgan fingerprint density at radius 2 is 2.05 bits per heavy atom. The van der Waals surface area contributed by atoms with E-state index in [0.717, 1.165) is 37.2 Å². The molecule has 1 atom stereocenters. The summed E-state index contributed by atoms with van der Waals surface area (Å²) < 4.78 is 5.71. The van der Waals surface area contributed by atoms with E-state index in [2.05, 4.69) is 10.6 Å². The summed E-state index contributed by atoms with van der Waals surface area (Å²) in [5, 5.41) is 6.44. The van der Waals surface area contributed by atoms with Crippen LogP contribution in [0.25, 0.3) is 0 Å². The number of piperidine rings is 1.